The molecular weight excluding hydrogens is 505 g/mol. The first-order valence-corrected chi connectivity index (χ1v) is 13.0. The lowest BCUT2D eigenvalue weighted by Crippen LogP contribution is -2.14. The number of carbonyl (C=O) groups is 1. The molecule has 0 aliphatic heterocycles. The fourth-order valence-electron chi connectivity index (χ4n) is 4.51. The molecule has 0 saturated heterocycles. The summed E-state index contributed by atoms with van der Waals surface area (Å²) in [4.78, 5) is 24.5. The van der Waals surface area contributed by atoms with E-state index < -0.39 is 11.6 Å². The van der Waals surface area contributed by atoms with E-state index in [9.17, 15) is 19.1 Å². The zero-order chi connectivity index (χ0) is 28.3. The molecule has 1 atom stereocenters. The third-order valence-electron chi connectivity index (χ3n) is 6.30. The molecule has 38 heavy (non-hydrogen) atoms. The molecule has 4 aromatic rings. The number of fused-ring (bicyclic) bond motifs is 1. The van der Waals surface area contributed by atoms with Gasteiger partial charge in [-0.2, -0.15) is 0 Å². The number of benzene rings is 3. The van der Waals surface area contributed by atoms with Crippen molar-refractivity contribution >= 4 is 34.5 Å². The van der Waals surface area contributed by atoms with Crippen molar-refractivity contribution in [3.05, 3.63) is 91.5 Å². The van der Waals surface area contributed by atoms with Crippen molar-refractivity contribution < 1.29 is 18.7 Å². The average Bonchev–Trinajstić information content (AvgIpc) is 2.89. The summed E-state index contributed by atoms with van der Waals surface area (Å²) in [6, 6.07) is 11.2. The van der Waals surface area contributed by atoms with E-state index in [0.29, 0.717) is 50.4 Å². The van der Waals surface area contributed by atoms with Crippen molar-refractivity contribution in [3.8, 4) is 16.9 Å². The third-order valence-corrected chi connectivity index (χ3v) is 6.54. The Kier molecular flexibility index (Phi) is 9.00. The largest absolute Gasteiger partial charge is 0.504 e. The predicted octanol–water partition coefficient (Wildman–Crippen LogP) is 8.71. The lowest BCUT2D eigenvalue weighted by Gasteiger charge is -2.21. The maximum absolute atomic E-state index is 14.4. The molecule has 1 heterocycles. The summed E-state index contributed by atoms with van der Waals surface area (Å²) >= 11 is 6.25. The lowest BCUT2D eigenvalue weighted by molar-refractivity contribution is 0.112. The number of rotatable bonds is 6. The fourth-order valence-corrected chi connectivity index (χ4v) is 4.69. The number of aldehydes is 1. The molecule has 0 aliphatic carbocycles. The zero-order valence-corrected chi connectivity index (χ0v) is 23.5. The quantitative estimate of drug-likeness (QED) is 0.240. The van der Waals surface area contributed by atoms with Crippen molar-refractivity contribution in [2.45, 2.75) is 60.4 Å². The number of phenols is 1. The standard InChI is InChI=1S/C29H27ClFNO4.C2H6/c1-14(2)28-16(4)26(34)23-9-15(3)8-21(29(23)36-28)17(5)32-25-7-6-20(30)12-22(25)18-10-19(13-33)27(35)24(31)11-18;1-2/h6-14,17,32,35H,1-5H3;1-2H3. The second kappa shape index (κ2) is 11.8. The lowest BCUT2D eigenvalue weighted by atomic mass is 9.97. The number of nitrogens with one attached hydrogen (secondary N) is 1. The first-order chi connectivity index (χ1) is 18.0. The summed E-state index contributed by atoms with van der Waals surface area (Å²) in [7, 11) is 0. The van der Waals surface area contributed by atoms with Gasteiger partial charge < -0.3 is 14.8 Å². The first-order valence-electron chi connectivity index (χ1n) is 12.6. The summed E-state index contributed by atoms with van der Waals surface area (Å²) in [5, 5.41) is 14.2. The number of hydrogen-bond acceptors (Lipinski definition) is 5. The van der Waals surface area contributed by atoms with Crippen LogP contribution in [0.15, 0.2) is 51.7 Å². The molecule has 1 aromatic heterocycles. The van der Waals surface area contributed by atoms with Gasteiger partial charge in [0.05, 0.1) is 17.0 Å². The number of aryl methyl sites for hydroxylation is 1. The predicted molar refractivity (Wildman–Crippen MR) is 153 cm³/mol. The van der Waals surface area contributed by atoms with Crippen molar-refractivity contribution in [2.75, 3.05) is 5.32 Å². The van der Waals surface area contributed by atoms with Crippen LogP contribution in [0.25, 0.3) is 22.1 Å². The Morgan fingerprint density at radius 3 is 2.37 bits per heavy atom. The van der Waals surface area contributed by atoms with Crippen LogP contribution >= 0.6 is 11.6 Å². The molecule has 4 rings (SSSR count). The minimum absolute atomic E-state index is 0.0406. The van der Waals surface area contributed by atoms with E-state index in [4.69, 9.17) is 16.0 Å². The van der Waals surface area contributed by atoms with Crippen LogP contribution in [0.4, 0.5) is 10.1 Å². The van der Waals surface area contributed by atoms with Gasteiger partial charge in [-0.1, -0.05) is 45.4 Å². The molecule has 0 amide bonds. The average molecular weight is 538 g/mol. The van der Waals surface area contributed by atoms with E-state index in [1.54, 1.807) is 25.1 Å². The Balaban J connectivity index is 0.00000195. The van der Waals surface area contributed by atoms with Gasteiger partial charge in [-0.05, 0) is 68.3 Å². The third kappa shape index (κ3) is 5.60. The summed E-state index contributed by atoms with van der Waals surface area (Å²) in [5.41, 5.74) is 4.19. The Labute approximate surface area is 227 Å². The van der Waals surface area contributed by atoms with Crippen molar-refractivity contribution in [1.29, 1.82) is 0 Å². The topological polar surface area (TPSA) is 79.5 Å². The molecule has 3 aromatic carbocycles. The molecule has 0 spiro atoms. The fraction of sp³-hybridized carbons (Fsp3) is 0.290. The molecular formula is C31H33ClFNO4. The second-order valence-corrected chi connectivity index (χ2v) is 9.81. The van der Waals surface area contributed by atoms with Gasteiger partial charge >= 0.3 is 0 Å². The van der Waals surface area contributed by atoms with Crippen LogP contribution in [0.2, 0.25) is 5.02 Å². The summed E-state index contributed by atoms with van der Waals surface area (Å²) in [5.74, 6) is -0.912. The van der Waals surface area contributed by atoms with Gasteiger partial charge in [0, 0.05) is 33.3 Å². The summed E-state index contributed by atoms with van der Waals surface area (Å²) in [6.45, 7) is 13.6. The Bertz CT molecular complexity index is 1560. The van der Waals surface area contributed by atoms with Gasteiger partial charge in [0.2, 0.25) is 0 Å². The van der Waals surface area contributed by atoms with Crippen LogP contribution in [-0.2, 0) is 0 Å². The van der Waals surface area contributed by atoms with E-state index in [1.165, 1.54) is 6.07 Å². The maximum atomic E-state index is 14.4. The van der Waals surface area contributed by atoms with Crippen molar-refractivity contribution in [1.82, 2.24) is 0 Å². The van der Waals surface area contributed by atoms with Gasteiger partial charge in [0.1, 0.15) is 11.3 Å². The Morgan fingerprint density at radius 1 is 1.05 bits per heavy atom. The number of phenolic OH excluding ortho intramolecular Hbond substituents is 1. The molecule has 5 nitrogen and oxygen atoms in total. The van der Waals surface area contributed by atoms with Crippen LogP contribution in [0, 0.1) is 19.7 Å². The monoisotopic (exact) mass is 537 g/mol. The highest BCUT2D eigenvalue weighted by molar-refractivity contribution is 6.31. The summed E-state index contributed by atoms with van der Waals surface area (Å²) in [6.07, 6.45) is 0.400. The highest BCUT2D eigenvalue weighted by atomic mass is 35.5. The molecule has 7 heteroatoms. The van der Waals surface area contributed by atoms with Gasteiger partial charge in [0.15, 0.2) is 23.3 Å². The summed E-state index contributed by atoms with van der Waals surface area (Å²) < 4.78 is 20.7. The maximum Gasteiger partial charge on any atom is 0.195 e. The Morgan fingerprint density at radius 2 is 1.74 bits per heavy atom. The molecule has 1 unspecified atom stereocenters. The SMILES string of the molecule is CC.Cc1cc(C(C)Nc2ccc(Cl)cc2-c2cc(F)c(O)c(C=O)c2)c2oc(C(C)C)c(C)c(=O)c2c1. The van der Waals surface area contributed by atoms with Crippen LogP contribution in [0.5, 0.6) is 5.75 Å². The van der Waals surface area contributed by atoms with Crippen LogP contribution < -0.4 is 10.7 Å². The number of anilines is 1. The molecule has 0 bridgehead atoms. The van der Waals surface area contributed by atoms with E-state index in [1.807, 2.05) is 53.7 Å². The van der Waals surface area contributed by atoms with Gasteiger partial charge in [-0.25, -0.2) is 4.39 Å². The normalized spacial score (nSPS) is 11.7. The highest BCUT2D eigenvalue weighted by Crippen LogP contribution is 2.37. The van der Waals surface area contributed by atoms with E-state index in [0.717, 1.165) is 17.2 Å². The van der Waals surface area contributed by atoms with Gasteiger partial charge in [0.25, 0.3) is 0 Å². The minimum Gasteiger partial charge on any atom is -0.504 e. The smallest absolute Gasteiger partial charge is 0.195 e. The minimum atomic E-state index is -0.906. The van der Waals surface area contributed by atoms with Crippen LogP contribution in [0.1, 0.15) is 79.4 Å². The van der Waals surface area contributed by atoms with E-state index in [2.05, 4.69) is 5.32 Å². The molecule has 0 fully saturated rings. The van der Waals surface area contributed by atoms with E-state index in [-0.39, 0.29) is 23.0 Å². The number of halogens is 2. The Hall–Kier alpha value is -3.64. The number of hydrogen-bond donors (Lipinski definition) is 2. The van der Waals surface area contributed by atoms with Crippen LogP contribution in [-0.4, -0.2) is 11.4 Å². The molecule has 200 valence electrons. The van der Waals surface area contributed by atoms with Crippen molar-refractivity contribution in [3.63, 3.8) is 0 Å². The van der Waals surface area contributed by atoms with Crippen molar-refractivity contribution in [2.24, 2.45) is 0 Å². The van der Waals surface area contributed by atoms with E-state index >= 15 is 0 Å². The zero-order valence-electron chi connectivity index (χ0n) is 22.7. The van der Waals surface area contributed by atoms with Crippen LogP contribution in [0.3, 0.4) is 0 Å². The van der Waals surface area contributed by atoms with Gasteiger partial charge in [-0.3, -0.25) is 9.59 Å². The molecule has 0 radical (unpaired) electrons. The second-order valence-electron chi connectivity index (χ2n) is 9.38. The number of carbonyl (C=O) groups excluding carboxylic acids is 1. The molecule has 0 aliphatic rings. The highest BCUT2D eigenvalue weighted by Gasteiger charge is 2.21. The number of aromatic hydroxyl groups is 1. The molecule has 0 saturated carbocycles. The first kappa shape index (κ1) is 28.9. The van der Waals surface area contributed by atoms with Gasteiger partial charge in [-0.15, -0.1) is 0 Å². The molecule has 2 N–H and O–H groups in total.